The van der Waals surface area contributed by atoms with Gasteiger partial charge in [0, 0.05) is 0 Å². The summed E-state index contributed by atoms with van der Waals surface area (Å²) in [5.41, 5.74) is -0.947. The van der Waals surface area contributed by atoms with Crippen molar-refractivity contribution in [1.29, 1.82) is 0 Å². The predicted octanol–water partition coefficient (Wildman–Crippen LogP) is 4.38. The van der Waals surface area contributed by atoms with Crippen LogP contribution in [0.15, 0.2) is 24.2 Å². The highest BCUT2D eigenvalue weighted by atomic mass is 16.5. The summed E-state index contributed by atoms with van der Waals surface area (Å²) in [5, 5.41) is 0. The zero-order valence-corrected chi connectivity index (χ0v) is 13.6. The molecule has 0 radical (unpaired) electrons. The number of esters is 2. The molecule has 22 heavy (non-hydrogen) atoms. The van der Waals surface area contributed by atoms with Gasteiger partial charge < -0.3 is 9.47 Å². The van der Waals surface area contributed by atoms with Crippen molar-refractivity contribution < 1.29 is 24.5 Å². The van der Waals surface area contributed by atoms with E-state index in [-0.39, 0.29) is 0 Å². The van der Waals surface area contributed by atoms with E-state index in [0.29, 0.717) is 25.7 Å². The molecule has 0 unspecified atom stereocenters. The molecule has 0 spiro atoms. The molecule has 0 aliphatic heterocycles. The average molecular weight is 310 g/mol. The van der Waals surface area contributed by atoms with Crippen LogP contribution in [0.4, 0.5) is 0 Å². The summed E-state index contributed by atoms with van der Waals surface area (Å²) in [6, 6.07) is -2.38. The Morgan fingerprint density at radius 1 is 0.864 bits per heavy atom. The third kappa shape index (κ3) is 4.86. The number of hydrogen-bond donors (Lipinski definition) is 0. The Morgan fingerprint density at radius 2 is 1.18 bits per heavy atom. The lowest BCUT2D eigenvalue weighted by atomic mass is 10.1. The van der Waals surface area contributed by atoms with Crippen LogP contribution in [0, 0.1) is 0 Å². The van der Waals surface area contributed by atoms with Crippen LogP contribution in [-0.2, 0) is 9.47 Å². The molecule has 0 N–H and O–H groups in total. The van der Waals surface area contributed by atoms with E-state index in [1.165, 1.54) is 0 Å². The smallest absolute Gasteiger partial charge is 0.339 e. The lowest BCUT2D eigenvalue weighted by Crippen LogP contribution is -2.22. The molecule has 1 rings (SSSR count). The molecule has 0 amide bonds. The SMILES string of the molecule is [2H]c1c([2H])c([2H])c(C(=O)OC(CC)CC)c(C(=O)OC(CC)CC)c1[2H]. The van der Waals surface area contributed by atoms with E-state index in [1.807, 2.05) is 27.7 Å². The van der Waals surface area contributed by atoms with E-state index in [0.717, 1.165) is 0 Å². The molecule has 0 aliphatic carbocycles. The highest BCUT2D eigenvalue weighted by Crippen LogP contribution is 2.16. The van der Waals surface area contributed by atoms with E-state index in [4.69, 9.17) is 15.0 Å². The first-order valence-electron chi connectivity index (χ1n) is 9.75. The van der Waals surface area contributed by atoms with Crippen molar-refractivity contribution in [3.63, 3.8) is 0 Å². The fourth-order valence-electron chi connectivity index (χ4n) is 1.95. The zero-order chi connectivity index (χ0) is 20.0. The second-order valence-corrected chi connectivity index (χ2v) is 4.94. The van der Waals surface area contributed by atoms with E-state index < -0.39 is 59.4 Å². The van der Waals surface area contributed by atoms with Gasteiger partial charge in [-0.2, -0.15) is 0 Å². The molecule has 0 heterocycles. The second kappa shape index (κ2) is 9.23. The first-order chi connectivity index (χ1) is 12.2. The Labute approximate surface area is 138 Å². The van der Waals surface area contributed by atoms with Crippen LogP contribution < -0.4 is 0 Å². The van der Waals surface area contributed by atoms with Crippen LogP contribution in [-0.4, -0.2) is 24.1 Å². The summed E-state index contributed by atoms with van der Waals surface area (Å²) in [7, 11) is 0. The maximum absolute atomic E-state index is 12.6. The minimum Gasteiger partial charge on any atom is -0.459 e. The number of hydrogen-bond acceptors (Lipinski definition) is 4. The van der Waals surface area contributed by atoms with Gasteiger partial charge in [-0.3, -0.25) is 0 Å². The monoisotopic (exact) mass is 310 g/mol. The van der Waals surface area contributed by atoms with Crippen LogP contribution in [0.5, 0.6) is 0 Å². The van der Waals surface area contributed by atoms with Crippen molar-refractivity contribution in [2.24, 2.45) is 0 Å². The minimum atomic E-state index is -0.942. The molecule has 0 saturated heterocycles. The average Bonchev–Trinajstić information content (AvgIpc) is 2.64. The molecule has 0 atom stereocenters. The molecule has 0 fully saturated rings. The summed E-state index contributed by atoms with van der Waals surface area (Å²) in [5.74, 6) is -1.88. The quantitative estimate of drug-likeness (QED) is 0.669. The van der Waals surface area contributed by atoms with Crippen LogP contribution in [0.2, 0.25) is 0 Å². The molecule has 1 aromatic carbocycles. The maximum atomic E-state index is 12.6. The van der Waals surface area contributed by atoms with Gasteiger partial charge in [0.05, 0.1) is 16.6 Å². The Bertz CT molecular complexity index is 611. The molecule has 0 aromatic heterocycles. The molecule has 4 nitrogen and oxygen atoms in total. The second-order valence-electron chi connectivity index (χ2n) is 4.94. The van der Waals surface area contributed by atoms with E-state index >= 15 is 0 Å². The largest absolute Gasteiger partial charge is 0.459 e. The van der Waals surface area contributed by atoms with Gasteiger partial charge in [0.2, 0.25) is 0 Å². The van der Waals surface area contributed by atoms with Gasteiger partial charge in [-0.05, 0) is 37.8 Å². The number of rotatable bonds is 8. The number of benzene rings is 1. The van der Waals surface area contributed by atoms with Gasteiger partial charge in [-0.1, -0.05) is 39.8 Å². The fourth-order valence-corrected chi connectivity index (χ4v) is 1.95. The molecular weight excluding hydrogens is 280 g/mol. The first-order valence-corrected chi connectivity index (χ1v) is 7.75. The number of carbonyl (C=O) groups is 2. The third-order valence-electron chi connectivity index (χ3n) is 3.46. The van der Waals surface area contributed by atoms with Crippen molar-refractivity contribution in [1.82, 2.24) is 0 Å². The van der Waals surface area contributed by atoms with Crippen molar-refractivity contribution in [2.45, 2.75) is 65.6 Å². The minimum absolute atomic E-state index is 0.399. The van der Waals surface area contributed by atoms with Crippen molar-refractivity contribution in [2.75, 3.05) is 0 Å². The van der Waals surface area contributed by atoms with Gasteiger partial charge in [-0.15, -0.1) is 0 Å². The number of ether oxygens (including phenoxy) is 2. The van der Waals surface area contributed by atoms with Crippen LogP contribution in [0.3, 0.4) is 0 Å². The fraction of sp³-hybridized carbons (Fsp3) is 0.556. The Balaban J connectivity index is 3.47. The van der Waals surface area contributed by atoms with Crippen LogP contribution in [0.1, 0.15) is 79.6 Å². The normalized spacial score (nSPS) is 13.4. The van der Waals surface area contributed by atoms with E-state index in [9.17, 15) is 9.59 Å². The van der Waals surface area contributed by atoms with Gasteiger partial charge >= 0.3 is 11.9 Å². The van der Waals surface area contributed by atoms with E-state index in [2.05, 4.69) is 0 Å². The van der Waals surface area contributed by atoms with Crippen molar-refractivity contribution >= 4 is 11.9 Å². The summed E-state index contributed by atoms with van der Waals surface area (Å²) < 4.78 is 42.3. The van der Waals surface area contributed by atoms with Gasteiger partial charge in [0.25, 0.3) is 0 Å². The third-order valence-corrected chi connectivity index (χ3v) is 3.46. The van der Waals surface area contributed by atoms with E-state index in [1.54, 1.807) is 0 Å². The Hall–Kier alpha value is -1.84. The lowest BCUT2D eigenvalue weighted by molar-refractivity contribution is 0.0236. The highest BCUT2D eigenvalue weighted by molar-refractivity contribution is 6.03. The highest BCUT2D eigenvalue weighted by Gasteiger charge is 2.22. The predicted molar refractivity (Wildman–Crippen MR) is 86.0 cm³/mol. The molecule has 1 aromatic rings. The molecule has 0 bridgehead atoms. The first kappa shape index (κ1) is 12.7. The summed E-state index contributed by atoms with van der Waals surface area (Å²) >= 11 is 0. The lowest BCUT2D eigenvalue weighted by Gasteiger charge is -2.17. The molecule has 122 valence electrons. The molecular formula is C18H26O4. The van der Waals surface area contributed by atoms with Crippen molar-refractivity contribution in [3.8, 4) is 0 Å². The Kier molecular flexibility index (Phi) is 5.32. The molecule has 0 saturated carbocycles. The standard InChI is InChI=1S/C18H26O4/c1-5-13(6-2)21-17(19)15-11-9-10-12-16(15)18(20)22-14(7-3)8-4/h9-14H,5-8H2,1-4H3/i9D,10D,11D,12D. The van der Waals surface area contributed by atoms with Gasteiger partial charge in [0.15, 0.2) is 0 Å². The van der Waals surface area contributed by atoms with Gasteiger partial charge in [0.1, 0.15) is 12.2 Å². The molecule has 0 aliphatic rings. The zero-order valence-electron chi connectivity index (χ0n) is 17.6. The van der Waals surface area contributed by atoms with Crippen molar-refractivity contribution in [3.05, 3.63) is 35.3 Å². The Morgan fingerprint density at radius 3 is 1.45 bits per heavy atom. The number of carbonyl (C=O) groups excluding carboxylic acids is 2. The topological polar surface area (TPSA) is 52.6 Å². The van der Waals surface area contributed by atoms with Crippen LogP contribution >= 0.6 is 0 Å². The molecule has 4 heteroatoms. The summed E-state index contributed by atoms with van der Waals surface area (Å²) in [4.78, 5) is 25.2. The maximum Gasteiger partial charge on any atom is 0.339 e. The van der Waals surface area contributed by atoms with Gasteiger partial charge in [-0.25, -0.2) is 9.59 Å². The summed E-state index contributed by atoms with van der Waals surface area (Å²) in [6.07, 6.45) is 1.43. The van der Waals surface area contributed by atoms with Crippen LogP contribution in [0.25, 0.3) is 0 Å². The summed E-state index contributed by atoms with van der Waals surface area (Å²) in [6.45, 7) is 7.35.